The molecule has 19 heavy (non-hydrogen) atoms. The number of carbonyl (C=O) groups is 2. The van der Waals surface area contributed by atoms with Gasteiger partial charge in [-0.15, -0.1) is 0 Å². The Labute approximate surface area is 153 Å². The van der Waals surface area contributed by atoms with Crippen LogP contribution in [0.3, 0.4) is 0 Å². The van der Waals surface area contributed by atoms with Crippen molar-refractivity contribution < 1.29 is 96.4 Å². The molecule has 94 valence electrons. The molecule has 0 saturated carbocycles. The Morgan fingerprint density at radius 1 is 0.842 bits per heavy atom. The van der Waals surface area contributed by atoms with Gasteiger partial charge in [0.05, 0.1) is 11.1 Å². The van der Waals surface area contributed by atoms with Gasteiger partial charge in [0.1, 0.15) is 0 Å². The maximum atomic E-state index is 10.3. The standard InChI is InChI=1S/C8H6O4.2Na.H2O4S/c9-7(10)5-1-2-6(4-3-5)8(11)12;;;1-5(2,3)4/h1-4H,(H,9,10)(H,11,12);;;(H2,1,2,3,4)/q;2*+1;/p-2. The second-order valence-corrected chi connectivity index (χ2v) is 3.41. The number of rotatable bonds is 2. The van der Waals surface area contributed by atoms with Crippen molar-refractivity contribution >= 4 is 22.3 Å². The van der Waals surface area contributed by atoms with Gasteiger partial charge >= 0.3 is 71.1 Å². The van der Waals surface area contributed by atoms with Crippen molar-refractivity contribution in [1.82, 2.24) is 0 Å². The van der Waals surface area contributed by atoms with Gasteiger partial charge in [0.25, 0.3) is 0 Å². The van der Waals surface area contributed by atoms with E-state index in [2.05, 4.69) is 0 Å². The summed E-state index contributed by atoms with van der Waals surface area (Å²) in [4.78, 5) is 20.7. The molecule has 8 nitrogen and oxygen atoms in total. The van der Waals surface area contributed by atoms with Gasteiger partial charge in [0, 0.05) is 10.4 Å². The molecule has 0 radical (unpaired) electrons. The summed E-state index contributed by atoms with van der Waals surface area (Å²) in [5, 5.41) is 16.9. The molecule has 0 atom stereocenters. The van der Waals surface area contributed by atoms with Gasteiger partial charge < -0.3 is 19.3 Å². The van der Waals surface area contributed by atoms with Crippen LogP contribution in [0.15, 0.2) is 24.3 Å². The minimum atomic E-state index is -5.17. The van der Waals surface area contributed by atoms with Gasteiger partial charge in [-0.1, -0.05) is 0 Å². The monoisotopic (exact) mass is 308 g/mol. The first-order valence-electron chi connectivity index (χ1n) is 3.84. The normalized spacial score (nSPS) is 8.95. The molecular formula is C8H6Na2O8S. The maximum Gasteiger partial charge on any atom is 1.00 e. The average Bonchev–Trinajstić information content (AvgIpc) is 2.15. The number of hydrogen-bond acceptors (Lipinski definition) is 6. The van der Waals surface area contributed by atoms with Crippen LogP contribution in [0.5, 0.6) is 0 Å². The van der Waals surface area contributed by atoms with E-state index in [1.807, 2.05) is 0 Å². The zero-order valence-corrected chi connectivity index (χ0v) is 14.9. The molecule has 11 heteroatoms. The van der Waals surface area contributed by atoms with Crippen LogP contribution in [-0.4, -0.2) is 39.7 Å². The minimum absolute atomic E-state index is 0. The van der Waals surface area contributed by atoms with Gasteiger partial charge in [-0.2, -0.15) is 0 Å². The summed E-state index contributed by atoms with van der Waals surface area (Å²) in [7, 11) is -5.17. The number of hydrogen-bond donors (Lipinski definition) is 2. The molecule has 2 N–H and O–H groups in total. The summed E-state index contributed by atoms with van der Waals surface area (Å²) in [5.41, 5.74) is 0.167. The Bertz CT molecular complexity index is 469. The van der Waals surface area contributed by atoms with E-state index < -0.39 is 22.3 Å². The van der Waals surface area contributed by atoms with Crippen LogP contribution in [0, 0.1) is 0 Å². The molecule has 0 amide bonds. The quantitative estimate of drug-likeness (QED) is 0.310. The van der Waals surface area contributed by atoms with Gasteiger partial charge in [-0.05, 0) is 24.3 Å². The third-order valence-corrected chi connectivity index (χ3v) is 1.38. The van der Waals surface area contributed by atoms with Crippen molar-refractivity contribution in [3.63, 3.8) is 0 Å². The molecule has 0 saturated heterocycles. The predicted molar refractivity (Wildman–Crippen MR) is 50.8 cm³/mol. The van der Waals surface area contributed by atoms with Gasteiger partial charge in [0.2, 0.25) is 0 Å². The molecule has 1 aromatic carbocycles. The molecule has 0 aliphatic heterocycles. The van der Waals surface area contributed by atoms with Crippen LogP contribution in [0.1, 0.15) is 20.7 Å². The van der Waals surface area contributed by atoms with Crippen LogP contribution in [0.4, 0.5) is 0 Å². The zero-order chi connectivity index (χ0) is 13.6. The summed E-state index contributed by atoms with van der Waals surface area (Å²) in [5.74, 6) is -2.13. The summed E-state index contributed by atoms with van der Waals surface area (Å²) in [6, 6.07) is 5.02. The first kappa shape index (κ1) is 24.1. The molecular weight excluding hydrogens is 302 g/mol. The number of aromatic carboxylic acids is 2. The van der Waals surface area contributed by atoms with Crippen molar-refractivity contribution in [3.8, 4) is 0 Å². The third kappa shape index (κ3) is 14.3. The van der Waals surface area contributed by atoms with E-state index in [-0.39, 0.29) is 70.2 Å². The van der Waals surface area contributed by atoms with E-state index >= 15 is 0 Å². The summed E-state index contributed by atoms with van der Waals surface area (Å²) in [6.45, 7) is 0. The van der Waals surface area contributed by atoms with Crippen LogP contribution < -0.4 is 59.1 Å². The smallest absolute Gasteiger partial charge is 0.759 e. The molecule has 0 bridgehead atoms. The van der Waals surface area contributed by atoms with Gasteiger partial charge in [-0.25, -0.2) is 9.59 Å². The van der Waals surface area contributed by atoms with E-state index in [0.717, 1.165) is 0 Å². The van der Waals surface area contributed by atoms with Crippen LogP contribution in [0.25, 0.3) is 0 Å². The summed E-state index contributed by atoms with van der Waals surface area (Å²) < 4.78 is 34.1. The largest absolute Gasteiger partial charge is 1.00 e. The van der Waals surface area contributed by atoms with E-state index in [4.69, 9.17) is 27.7 Å². The molecule has 0 spiro atoms. The van der Waals surface area contributed by atoms with Crippen LogP contribution in [0.2, 0.25) is 0 Å². The Hall–Kier alpha value is 0.0300. The number of carboxylic acid groups (broad SMARTS) is 2. The summed E-state index contributed by atoms with van der Waals surface area (Å²) in [6.07, 6.45) is 0. The van der Waals surface area contributed by atoms with Gasteiger partial charge in [0.15, 0.2) is 0 Å². The molecule has 0 unspecified atom stereocenters. The van der Waals surface area contributed by atoms with Crippen molar-refractivity contribution in [2.75, 3.05) is 0 Å². The minimum Gasteiger partial charge on any atom is -0.759 e. The Morgan fingerprint density at radius 2 is 1.00 bits per heavy atom. The van der Waals surface area contributed by atoms with E-state index in [1.54, 1.807) is 0 Å². The fraction of sp³-hybridized carbons (Fsp3) is 0. The van der Waals surface area contributed by atoms with E-state index in [1.165, 1.54) is 24.3 Å². The first-order valence-corrected chi connectivity index (χ1v) is 5.18. The topological polar surface area (TPSA) is 155 Å². The average molecular weight is 308 g/mol. The Morgan fingerprint density at radius 3 is 1.11 bits per heavy atom. The second-order valence-electron chi connectivity index (χ2n) is 2.60. The molecule has 1 rings (SSSR count). The van der Waals surface area contributed by atoms with Crippen LogP contribution in [-0.2, 0) is 10.4 Å². The molecule has 0 aromatic heterocycles. The van der Waals surface area contributed by atoms with Crippen molar-refractivity contribution in [2.45, 2.75) is 0 Å². The molecule has 0 heterocycles. The van der Waals surface area contributed by atoms with Gasteiger partial charge in [-0.3, -0.25) is 8.42 Å². The molecule has 0 aliphatic rings. The molecule has 0 fully saturated rings. The first-order chi connectivity index (χ1) is 7.61. The van der Waals surface area contributed by atoms with E-state index in [0.29, 0.717) is 0 Å². The second kappa shape index (κ2) is 10.8. The zero-order valence-electron chi connectivity index (χ0n) is 10.1. The van der Waals surface area contributed by atoms with Crippen molar-refractivity contribution in [2.24, 2.45) is 0 Å². The van der Waals surface area contributed by atoms with E-state index in [9.17, 15) is 9.59 Å². The van der Waals surface area contributed by atoms with Crippen molar-refractivity contribution in [1.29, 1.82) is 0 Å². The van der Waals surface area contributed by atoms with Crippen molar-refractivity contribution in [3.05, 3.63) is 35.4 Å². The summed E-state index contributed by atoms with van der Waals surface area (Å²) >= 11 is 0. The fourth-order valence-corrected chi connectivity index (χ4v) is 0.755. The third-order valence-electron chi connectivity index (χ3n) is 1.38. The molecule has 0 aliphatic carbocycles. The fourth-order valence-electron chi connectivity index (χ4n) is 0.755. The SMILES string of the molecule is O=C(O)c1ccc(C(=O)O)cc1.O=S(=O)([O-])[O-].[Na+].[Na+]. The number of carboxylic acids is 2. The Kier molecular flexibility index (Phi) is 13.7. The van der Waals surface area contributed by atoms with Crippen LogP contribution >= 0.6 is 0 Å². The Balaban J connectivity index is -0.000000320. The number of benzene rings is 1. The predicted octanol–water partition coefficient (Wildman–Crippen LogP) is -6.25. The molecule has 1 aromatic rings. The maximum absolute atomic E-state index is 10.3.